The van der Waals surface area contributed by atoms with E-state index in [-0.39, 0.29) is 29.4 Å². The lowest BCUT2D eigenvalue weighted by Gasteiger charge is -2.13. The lowest BCUT2D eigenvalue weighted by atomic mass is 10.2. The van der Waals surface area contributed by atoms with Crippen LogP contribution in [0.5, 0.6) is 0 Å². The van der Waals surface area contributed by atoms with Gasteiger partial charge in [0.05, 0.1) is 34.8 Å². The molecular formula is C23H18ClN3O4S2. The van der Waals surface area contributed by atoms with Crippen molar-refractivity contribution in [2.45, 2.75) is 12.1 Å². The first-order valence-corrected chi connectivity index (χ1v) is 12.2. The molecule has 0 saturated heterocycles. The van der Waals surface area contributed by atoms with Gasteiger partial charge in [0.15, 0.2) is 5.16 Å². The van der Waals surface area contributed by atoms with Crippen LogP contribution < -0.4 is 10.9 Å². The Morgan fingerprint density at radius 2 is 2.00 bits per heavy atom. The molecule has 0 saturated carbocycles. The van der Waals surface area contributed by atoms with Crippen LogP contribution >= 0.6 is 34.7 Å². The number of amides is 1. The first kappa shape index (κ1) is 23.0. The molecule has 0 atom stereocenters. The molecule has 33 heavy (non-hydrogen) atoms. The smallest absolute Gasteiger partial charge is 0.340 e. The molecule has 10 heteroatoms. The van der Waals surface area contributed by atoms with Gasteiger partial charge in [0.25, 0.3) is 5.56 Å². The first-order chi connectivity index (χ1) is 16.0. The van der Waals surface area contributed by atoms with Crippen LogP contribution in [0.1, 0.15) is 17.3 Å². The van der Waals surface area contributed by atoms with Crippen LogP contribution in [-0.2, 0) is 9.53 Å². The summed E-state index contributed by atoms with van der Waals surface area (Å²) < 4.78 is 7.02. The number of nitrogens with zero attached hydrogens (tertiary/aromatic N) is 2. The predicted octanol–water partition coefficient (Wildman–Crippen LogP) is 5.01. The first-order valence-electron chi connectivity index (χ1n) is 9.93. The van der Waals surface area contributed by atoms with Gasteiger partial charge < -0.3 is 10.1 Å². The summed E-state index contributed by atoms with van der Waals surface area (Å²) in [7, 11) is 0. The maximum Gasteiger partial charge on any atom is 0.340 e. The third kappa shape index (κ3) is 5.11. The van der Waals surface area contributed by atoms with Crippen LogP contribution in [0.2, 0.25) is 5.02 Å². The maximum atomic E-state index is 13.2. The molecule has 4 aromatic rings. The van der Waals surface area contributed by atoms with Crippen molar-refractivity contribution in [3.63, 3.8) is 0 Å². The molecule has 0 aliphatic rings. The summed E-state index contributed by atoms with van der Waals surface area (Å²) in [5, 5.41) is 5.39. The summed E-state index contributed by atoms with van der Waals surface area (Å²) >= 11 is 8.56. The fourth-order valence-electron chi connectivity index (χ4n) is 3.13. The molecule has 4 rings (SSSR count). The number of carbonyl (C=O) groups is 2. The zero-order valence-electron chi connectivity index (χ0n) is 17.4. The van der Waals surface area contributed by atoms with Gasteiger partial charge in [0, 0.05) is 5.02 Å². The summed E-state index contributed by atoms with van der Waals surface area (Å²) in [4.78, 5) is 42.6. The number of nitrogens with one attached hydrogen (secondary N) is 1. The Morgan fingerprint density at radius 3 is 2.79 bits per heavy atom. The molecule has 0 aliphatic carbocycles. The average molecular weight is 500 g/mol. The van der Waals surface area contributed by atoms with Crippen LogP contribution in [0.25, 0.3) is 15.9 Å². The van der Waals surface area contributed by atoms with Crippen LogP contribution in [-0.4, -0.2) is 33.8 Å². The summed E-state index contributed by atoms with van der Waals surface area (Å²) in [6, 6.07) is 15.3. The second kappa shape index (κ2) is 10.2. The normalized spacial score (nSPS) is 10.8. The largest absolute Gasteiger partial charge is 0.462 e. The molecule has 1 amide bonds. The number of aromatic nitrogens is 2. The van der Waals surface area contributed by atoms with Crippen molar-refractivity contribution in [2.24, 2.45) is 0 Å². The second-order valence-electron chi connectivity index (χ2n) is 6.75. The number of thioether (sulfide) groups is 1. The number of hydrogen-bond donors (Lipinski definition) is 1. The topological polar surface area (TPSA) is 90.3 Å². The molecule has 0 spiro atoms. The number of para-hydroxylation sites is 1. The fraction of sp³-hybridized carbons (Fsp3) is 0.130. The Morgan fingerprint density at radius 1 is 1.18 bits per heavy atom. The number of benzene rings is 2. The van der Waals surface area contributed by atoms with E-state index in [9.17, 15) is 14.4 Å². The third-order valence-corrected chi connectivity index (χ3v) is 6.61. The lowest BCUT2D eigenvalue weighted by molar-refractivity contribution is -0.113. The number of rotatable bonds is 7. The van der Waals surface area contributed by atoms with Crippen molar-refractivity contribution >= 4 is 62.5 Å². The van der Waals surface area contributed by atoms with E-state index >= 15 is 0 Å². The molecule has 2 aromatic heterocycles. The highest BCUT2D eigenvalue weighted by Crippen LogP contribution is 2.25. The Hall–Kier alpha value is -3.14. The molecule has 7 nitrogen and oxygen atoms in total. The van der Waals surface area contributed by atoms with Crippen molar-refractivity contribution in [1.82, 2.24) is 9.55 Å². The minimum absolute atomic E-state index is 0.0280. The van der Waals surface area contributed by atoms with E-state index in [1.54, 1.807) is 66.9 Å². The number of halogens is 1. The standard InChI is InChI=1S/C23H18ClN3O4S2/c1-2-31-22(30)16-8-3-4-9-17(16)25-19(28)13-33-23-26-18-10-11-32-20(18)21(29)27(23)15-7-5-6-14(24)12-15/h3-12H,2,13H2,1H3,(H,25,28). The number of ether oxygens (including phenoxy) is 1. The van der Waals surface area contributed by atoms with E-state index in [0.29, 0.717) is 31.8 Å². The van der Waals surface area contributed by atoms with Gasteiger partial charge in [-0.05, 0) is 48.7 Å². The number of anilines is 1. The Labute approximate surface area is 202 Å². The number of fused-ring (bicyclic) bond motifs is 1. The van der Waals surface area contributed by atoms with Crippen LogP contribution in [0.3, 0.4) is 0 Å². The van der Waals surface area contributed by atoms with E-state index in [4.69, 9.17) is 16.3 Å². The van der Waals surface area contributed by atoms with Gasteiger partial charge in [-0.15, -0.1) is 11.3 Å². The maximum absolute atomic E-state index is 13.2. The quantitative estimate of drug-likeness (QED) is 0.218. The van der Waals surface area contributed by atoms with E-state index in [1.165, 1.54) is 15.9 Å². The van der Waals surface area contributed by atoms with Crippen molar-refractivity contribution < 1.29 is 14.3 Å². The second-order valence-corrected chi connectivity index (χ2v) is 9.05. The minimum Gasteiger partial charge on any atom is -0.462 e. The molecule has 0 radical (unpaired) electrons. The predicted molar refractivity (Wildman–Crippen MR) is 132 cm³/mol. The van der Waals surface area contributed by atoms with Gasteiger partial charge in [0.2, 0.25) is 5.91 Å². The Kier molecular flexibility index (Phi) is 7.12. The highest BCUT2D eigenvalue weighted by molar-refractivity contribution is 7.99. The van der Waals surface area contributed by atoms with E-state index in [0.717, 1.165) is 11.8 Å². The van der Waals surface area contributed by atoms with Gasteiger partial charge in [-0.1, -0.05) is 41.6 Å². The molecule has 2 aromatic carbocycles. The van der Waals surface area contributed by atoms with Crippen LogP contribution in [0.4, 0.5) is 5.69 Å². The Bertz CT molecular complexity index is 1400. The zero-order valence-corrected chi connectivity index (χ0v) is 19.8. The monoisotopic (exact) mass is 499 g/mol. The molecule has 0 fully saturated rings. The molecular weight excluding hydrogens is 482 g/mol. The average Bonchev–Trinajstić information content (AvgIpc) is 3.27. The summed E-state index contributed by atoms with van der Waals surface area (Å²) in [6.45, 7) is 1.95. The zero-order chi connectivity index (χ0) is 23.4. The van der Waals surface area contributed by atoms with Gasteiger partial charge in [-0.3, -0.25) is 14.2 Å². The third-order valence-electron chi connectivity index (χ3n) is 4.54. The summed E-state index contributed by atoms with van der Waals surface area (Å²) in [5.41, 5.74) is 1.53. The molecule has 2 heterocycles. The number of esters is 1. The van der Waals surface area contributed by atoms with E-state index < -0.39 is 5.97 Å². The summed E-state index contributed by atoms with van der Waals surface area (Å²) in [5.74, 6) is -0.894. The van der Waals surface area contributed by atoms with E-state index in [2.05, 4.69) is 10.3 Å². The van der Waals surface area contributed by atoms with Crippen LogP contribution in [0, 0.1) is 0 Å². The molecule has 0 unspecified atom stereocenters. The summed E-state index contributed by atoms with van der Waals surface area (Å²) in [6.07, 6.45) is 0. The molecule has 0 aliphatic heterocycles. The lowest BCUT2D eigenvalue weighted by Crippen LogP contribution is -2.22. The van der Waals surface area contributed by atoms with Gasteiger partial charge >= 0.3 is 5.97 Å². The molecule has 1 N–H and O–H groups in total. The number of carbonyl (C=O) groups excluding carboxylic acids is 2. The van der Waals surface area contributed by atoms with E-state index in [1.807, 2.05) is 0 Å². The van der Waals surface area contributed by atoms with Crippen molar-refractivity contribution in [1.29, 1.82) is 0 Å². The number of thiophene rings is 1. The van der Waals surface area contributed by atoms with Gasteiger partial charge in [-0.25, -0.2) is 9.78 Å². The van der Waals surface area contributed by atoms with Crippen molar-refractivity contribution in [2.75, 3.05) is 17.7 Å². The van der Waals surface area contributed by atoms with Gasteiger partial charge in [-0.2, -0.15) is 0 Å². The van der Waals surface area contributed by atoms with Crippen LogP contribution in [0.15, 0.2) is 69.9 Å². The Balaban J connectivity index is 1.60. The fourth-order valence-corrected chi connectivity index (χ4v) is 4.88. The highest BCUT2D eigenvalue weighted by atomic mass is 35.5. The van der Waals surface area contributed by atoms with Gasteiger partial charge in [0.1, 0.15) is 4.70 Å². The SMILES string of the molecule is CCOC(=O)c1ccccc1NC(=O)CSc1nc2ccsc2c(=O)n1-c1cccc(Cl)c1. The number of hydrogen-bond acceptors (Lipinski definition) is 7. The highest BCUT2D eigenvalue weighted by Gasteiger charge is 2.18. The van der Waals surface area contributed by atoms with Crippen molar-refractivity contribution in [3.05, 3.63) is 80.9 Å². The molecule has 0 bridgehead atoms. The van der Waals surface area contributed by atoms with Crippen molar-refractivity contribution in [3.8, 4) is 5.69 Å². The molecule has 168 valence electrons. The minimum atomic E-state index is -0.513.